The minimum absolute atomic E-state index is 0.0519. The number of ether oxygens (including phenoxy) is 1. The van der Waals surface area contributed by atoms with Gasteiger partial charge in [-0.1, -0.05) is 23.2 Å². The Bertz CT molecular complexity index is 645. The third-order valence-corrected chi connectivity index (χ3v) is 3.07. The lowest BCUT2D eigenvalue weighted by molar-refractivity contribution is 0.0595. The van der Waals surface area contributed by atoms with Crippen LogP contribution in [0.25, 0.3) is 11.3 Å². The van der Waals surface area contributed by atoms with E-state index in [0.717, 1.165) is 0 Å². The molecule has 0 bridgehead atoms. The Morgan fingerprint density at radius 2 is 2.00 bits per heavy atom. The standard InChI is InChI=1S/C13H10Cl2N2O2/c1-19-13(18)12-10(16)4-5-11(17-12)8-6-7(14)2-3-9(8)15/h2-6H,16H2,1H3. The summed E-state index contributed by atoms with van der Waals surface area (Å²) in [5.74, 6) is -0.600. The molecule has 0 spiro atoms. The quantitative estimate of drug-likeness (QED) is 0.862. The van der Waals surface area contributed by atoms with Crippen molar-refractivity contribution in [1.82, 2.24) is 4.98 Å². The van der Waals surface area contributed by atoms with Gasteiger partial charge in [0.1, 0.15) is 0 Å². The number of hydrogen-bond donors (Lipinski definition) is 1. The van der Waals surface area contributed by atoms with Gasteiger partial charge in [-0.25, -0.2) is 9.78 Å². The normalized spacial score (nSPS) is 10.3. The van der Waals surface area contributed by atoms with E-state index in [1.807, 2.05) is 0 Å². The predicted molar refractivity (Wildman–Crippen MR) is 75.4 cm³/mol. The molecule has 1 aromatic carbocycles. The van der Waals surface area contributed by atoms with E-state index in [0.29, 0.717) is 21.3 Å². The number of benzene rings is 1. The van der Waals surface area contributed by atoms with E-state index >= 15 is 0 Å². The monoisotopic (exact) mass is 296 g/mol. The molecule has 0 unspecified atom stereocenters. The van der Waals surface area contributed by atoms with Crippen molar-refractivity contribution in [1.29, 1.82) is 0 Å². The Balaban J connectivity index is 2.57. The van der Waals surface area contributed by atoms with E-state index in [1.54, 1.807) is 30.3 Å². The maximum atomic E-state index is 11.5. The molecule has 6 heteroatoms. The lowest BCUT2D eigenvalue weighted by Gasteiger charge is -2.08. The summed E-state index contributed by atoms with van der Waals surface area (Å²) in [6.07, 6.45) is 0. The number of nitrogens with zero attached hydrogens (tertiary/aromatic N) is 1. The average molecular weight is 297 g/mol. The molecule has 0 atom stereocenters. The summed E-state index contributed by atoms with van der Waals surface area (Å²) in [5, 5.41) is 1.01. The van der Waals surface area contributed by atoms with Crippen LogP contribution in [-0.2, 0) is 4.74 Å². The Hall–Kier alpha value is -1.78. The fourth-order valence-electron chi connectivity index (χ4n) is 1.57. The van der Waals surface area contributed by atoms with Gasteiger partial charge in [-0.05, 0) is 30.3 Å². The minimum atomic E-state index is -0.600. The summed E-state index contributed by atoms with van der Waals surface area (Å²) >= 11 is 12.0. The molecule has 0 saturated carbocycles. The molecule has 4 nitrogen and oxygen atoms in total. The molecule has 2 aromatic rings. The molecule has 0 aliphatic carbocycles. The van der Waals surface area contributed by atoms with Crippen molar-refractivity contribution < 1.29 is 9.53 Å². The van der Waals surface area contributed by atoms with Crippen molar-refractivity contribution in [3.8, 4) is 11.3 Å². The average Bonchev–Trinajstić information content (AvgIpc) is 2.41. The van der Waals surface area contributed by atoms with Gasteiger partial charge in [0.25, 0.3) is 0 Å². The molecule has 1 aromatic heterocycles. The van der Waals surface area contributed by atoms with Crippen LogP contribution in [0.15, 0.2) is 30.3 Å². The number of halogens is 2. The zero-order chi connectivity index (χ0) is 14.0. The number of nitrogen functional groups attached to an aromatic ring is 1. The summed E-state index contributed by atoms with van der Waals surface area (Å²) in [6, 6.07) is 8.25. The summed E-state index contributed by atoms with van der Waals surface area (Å²) in [7, 11) is 1.27. The number of methoxy groups -OCH3 is 1. The number of carbonyl (C=O) groups excluding carboxylic acids is 1. The predicted octanol–water partition coefficient (Wildman–Crippen LogP) is 3.42. The fourth-order valence-corrected chi connectivity index (χ4v) is 1.96. The summed E-state index contributed by atoms with van der Waals surface area (Å²) in [5.41, 5.74) is 7.11. The van der Waals surface area contributed by atoms with Crippen molar-refractivity contribution in [3.05, 3.63) is 46.1 Å². The van der Waals surface area contributed by atoms with Gasteiger partial charge in [-0.2, -0.15) is 0 Å². The number of aromatic nitrogens is 1. The van der Waals surface area contributed by atoms with E-state index in [2.05, 4.69) is 9.72 Å². The van der Waals surface area contributed by atoms with Crippen LogP contribution < -0.4 is 5.73 Å². The van der Waals surface area contributed by atoms with Gasteiger partial charge >= 0.3 is 5.97 Å². The molecule has 1 heterocycles. The van der Waals surface area contributed by atoms with Crippen molar-refractivity contribution in [2.45, 2.75) is 0 Å². The molecular formula is C13H10Cl2N2O2. The van der Waals surface area contributed by atoms with Crippen LogP contribution >= 0.6 is 23.2 Å². The third-order valence-electron chi connectivity index (χ3n) is 2.51. The van der Waals surface area contributed by atoms with Gasteiger partial charge in [0, 0.05) is 10.6 Å². The second-order valence-electron chi connectivity index (χ2n) is 3.75. The molecule has 98 valence electrons. The lowest BCUT2D eigenvalue weighted by atomic mass is 10.1. The van der Waals surface area contributed by atoms with Gasteiger partial charge in [0.05, 0.1) is 23.5 Å². The van der Waals surface area contributed by atoms with Gasteiger partial charge < -0.3 is 10.5 Å². The number of carbonyl (C=O) groups is 1. The smallest absolute Gasteiger partial charge is 0.358 e. The lowest BCUT2D eigenvalue weighted by Crippen LogP contribution is -2.09. The van der Waals surface area contributed by atoms with Gasteiger partial charge in [0.15, 0.2) is 5.69 Å². The van der Waals surface area contributed by atoms with E-state index in [-0.39, 0.29) is 11.4 Å². The summed E-state index contributed by atoms with van der Waals surface area (Å²) in [6.45, 7) is 0. The minimum Gasteiger partial charge on any atom is -0.464 e. The van der Waals surface area contributed by atoms with Crippen LogP contribution in [0.1, 0.15) is 10.5 Å². The SMILES string of the molecule is COC(=O)c1nc(-c2cc(Cl)ccc2Cl)ccc1N. The molecule has 19 heavy (non-hydrogen) atoms. The van der Waals surface area contributed by atoms with E-state index in [4.69, 9.17) is 28.9 Å². The first-order valence-corrected chi connectivity index (χ1v) is 6.08. The molecule has 0 aliphatic rings. The third kappa shape index (κ3) is 2.80. The van der Waals surface area contributed by atoms with E-state index in [1.165, 1.54) is 7.11 Å². The van der Waals surface area contributed by atoms with Crippen molar-refractivity contribution in [3.63, 3.8) is 0 Å². The molecule has 0 fully saturated rings. The highest BCUT2D eigenvalue weighted by Gasteiger charge is 2.14. The molecule has 0 saturated heterocycles. The first kappa shape index (κ1) is 13.6. The Morgan fingerprint density at radius 3 is 2.68 bits per heavy atom. The highest BCUT2D eigenvalue weighted by Crippen LogP contribution is 2.30. The number of pyridine rings is 1. The number of rotatable bonds is 2. The van der Waals surface area contributed by atoms with Crippen LogP contribution in [0, 0.1) is 0 Å². The zero-order valence-corrected chi connectivity index (χ0v) is 11.5. The van der Waals surface area contributed by atoms with Crippen LogP contribution in [0.4, 0.5) is 5.69 Å². The molecule has 2 N–H and O–H groups in total. The van der Waals surface area contributed by atoms with Gasteiger partial charge in [-0.15, -0.1) is 0 Å². The Labute approximate surface area is 120 Å². The van der Waals surface area contributed by atoms with Crippen LogP contribution in [-0.4, -0.2) is 18.1 Å². The highest BCUT2D eigenvalue weighted by atomic mass is 35.5. The van der Waals surface area contributed by atoms with Crippen molar-refractivity contribution in [2.24, 2.45) is 0 Å². The summed E-state index contributed by atoms with van der Waals surface area (Å²) < 4.78 is 4.62. The highest BCUT2D eigenvalue weighted by molar-refractivity contribution is 6.35. The van der Waals surface area contributed by atoms with Gasteiger partial charge in [0.2, 0.25) is 0 Å². The molecule has 2 rings (SSSR count). The van der Waals surface area contributed by atoms with Crippen molar-refractivity contribution in [2.75, 3.05) is 12.8 Å². The van der Waals surface area contributed by atoms with Crippen molar-refractivity contribution >= 4 is 34.9 Å². The van der Waals surface area contributed by atoms with E-state index in [9.17, 15) is 4.79 Å². The van der Waals surface area contributed by atoms with E-state index < -0.39 is 5.97 Å². The van der Waals surface area contributed by atoms with Gasteiger partial charge in [-0.3, -0.25) is 0 Å². The Kier molecular flexibility index (Phi) is 3.93. The zero-order valence-electron chi connectivity index (χ0n) is 9.98. The maximum absolute atomic E-state index is 11.5. The topological polar surface area (TPSA) is 65.2 Å². The fraction of sp³-hybridized carbons (Fsp3) is 0.0769. The summed E-state index contributed by atoms with van der Waals surface area (Å²) in [4.78, 5) is 15.7. The molecular weight excluding hydrogens is 287 g/mol. The Morgan fingerprint density at radius 1 is 1.26 bits per heavy atom. The number of nitrogens with two attached hydrogens (primary N) is 1. The van der Waals surface area contributed by atoms with Crippen LogP contribution in [0.2, 0.25) is 10.0 Å². The molecule has 0 aliphatic heterocycles. The number of hydrogen-bond acceptors (Lipinski definition) is 4. The first-order valence-electron chi connectivity index (χ1n) is 5.33. The maximum Gasteiger partial charge on any atom is 0.358 e. The first-order chi connectivity index (χ1) is 9.02. The number of anilines is 1. The second-order valence-corrected chi connectivity index (χ2v) is 4.59. The molecule has 0 radical (unpaired) electrons. The largest absolute Gasteiger partial charge is 0.464 e. The molecule has 0 amide bonds. The van der Waals surface area contributed by atoms with Crippen LogP contribution in [0.5, 0.6) is 0 Å². The second kappa shape index (κ2) is 5.47. The number of esters is 1. The van der Waals surface area contributed by atoms with Crippen LogP contribution in [0.3, 0.4) is 0 Å².